The van der Waals surface area contributed by atoms with Crippen LogP contribution in [0.3, 0.4) is 0 Å². The van der Waals surface area contributed by atoms with Gasteiger partial charge in [-0.15, -0.1) is 0 Å². The van der Waals surface area contributed by atoms with Crippen LogP contribution in [-0.4, -0.2) is 13.1 Å². The van der Waals surface area contributed by atoms with Gasteiger partial charge in [-0.05, 0) is 45.2 Å². The van der Waals surface area contributed by atoms with E-state index in [2.05, 4.69) is 32.0 Å². The molecule has 0 aromatic heterocycles. The second kappa shape index (κ2) is 4.69. The minimum Gasteiger partial charge on any atom is -0.469 e. The molecule has 0 bridgehead atoms. The van der Waals surface area contributed by atoms with Crippen LogP contribution in [0.2, 0.25) is 0 Å². The molecule has 0 fully saturated rings. The van der Waals surface area contributed by atoms with Gasteiger partial charge in [-0.25, -0.2) is 0 Å². The minimum absolute atomic E-state index is 0.160. The quantitative estimate of drug-likeness (QED) is 0.732. The van der Waals surface area contributed by atoms with Crippen LogP contribution in [0, 0.1) is 19.3 Å². The number of ether oxygens (including phenoxy) is 1. The van der Waals surface area contributed by atoms with E-state index >= 15 is 0 Å². The van der Waals surface area contributed by atoms with E-state index in [4.69, 9.17) is 4.74 Å². The second-order valence-electron chi connectivity index (χ2n) is 4.98. The summed E-state index contributed by atoms with van der Waals surface area (Å²) in [5, 5.41) is 0. The molecule has 2 nitrogen and oxygen atoms in total. The highest BCUT2D eigenvalue weighted by molar-refractivity contribution is 5.76. The van der Waals surface area contributed by atoms with Crippen molar-refractivity contribution < 1.29 is 9.53 Å². The molecule has 0 aliphatic carbocycles. The number of hydrogen-bond acceptors (Lipinski definition) is 2. The predicted octanol–water partition coefficient (Wildman–Crippen LogP) is 3.05. The van der Waals surface area contributed by atoms with Crippen LogP contribution in [0.15, 0.2) is 18.2 Å². The molecule has 1 rings (SSSR count). The van der Waals surface area contributed by atoms with Gasteiger partial charge in [0.2, 0.25) is 0 Å². The van der Waals surface area contributed by atoms with Crippen molar-refractivity contribution >= 4 is 5.97 Å². The van der Waals surface area contributed by atoms with Gasteiger partial charge in [-0.1, -0.05) is 23.8 Å². The first-order chi connectivity index (χ1) is 7.36. The molecular weight excluding hydrogens is 200 g/mol. The molecule has 88 valence electrons. The van der Waals surface area contributed by atoms with Gasteiger partial charge in [-0.3, -0.25) is 4.79 Å². The number of aryl methyl sites for hydroxylation is 2. The zero-order chi connectivity index (χ0) is 12.3. The van der Waals surface area contributed by atoms with Crippen LogP contribution in [-0.2, 0) is 16.0 Å². The molecule has 0 N–H and O–H groups in total. The summed E-state index contributed by atoms with van der Waals surface area (Å²) in [6.07, 6.45) is 0.714. The van der Waals surface area contributed by atoms with Gasteiger partial charge in [0.25, 0.3) is 0 Å². The molecule has 1 aromatic carbocycles. The van der Waals surface area contributed by atoms with Crippen LogP contribution in [0.5, 0.6) is 0 Å². The zero-order valence-electron chi connectivity index (χ0n) is 10.8. The average Bonchev–Trinajstić information content (AvgIpc) is 2.21. The number of esters is 1. The summed E-state index contributed by atoms with van der Waals surface area (Å²) in [5.41, 5.74) is 3.23. The van der Waals surface area contributed by atoms with Crippen molar-refractivity contribution in [1.29, 1.82) is 0 Å². The van der Waals surface area contributed by atoms with Gasteiger partial charge in [0, 0.05) is 0 Å². The SMILES string of the molecule is COC(=O)C(C)(C)Cc1ccc(C)cc1C. The largest absolute Gasteiger partial charge is 0.469 e. The Labute approximate surface area is 97.6 Å². The highest BCUT2D eigenvalue weighted by Gasteiger charge is 2.29. The van der Waals surface area contributed by atoms with Gasteiger partial charge >= 0.3 is 5.97 Å². The highest BCUT2D eigenvalue weighted by atomic mass is 16.5. The Hall–Kier alpha value is -1.31. The van der Waals surface area contributed by atoms with Crippen LogP contribution in [0.4, 0.5) is 0 Å². The molecular formula is C14H20O2. The summed E-state index contributed by atoms with van der Waals surface area (Å²) in [6, 6.07) is 6.31. The highest BCUT2D eigenvalue weighted by Crippen LogP contribution is 2.25. The monoisotopic (exact) mass is 220 g/mol. The Morgan fingerprint density at radius 3 is 2.44 bits per heavy atom. The summed E-state index contributed by atoms with van der Waals surface area (Å²) in [7, 11) is 1.44. The van der Waals surface area contributed by atoms with Gasteiger partial charge in [0.1, 0.15) is 0 Å². The fourth-order valence-corrected chi connectivity index (χ4v) is 1.87. The topological polar surface area (TPSA) is 26.3 Å². The van der Waals surface area contributed by atoms with Crippen molar-refractivity contribution in [1.82, 2.24) is 0 Å². The van der Waals surface area contributed by atoms with E-state index in [-0.39, 0.29) is 5.97 Å². The first-order valence-electron chi connectivity index (χ1n) is 5.51. The van der Waals surface area contributed by atoms with Gasteiger partial charge in [-0.2, -0.15) is 0 Å². The van der Waals surface area contributed by atoms with E-state index in [0.29, 0.717) is 6.42 Å². The summed E-state index contributed by atoms with van der Waals surface area (Å²) >= 11 is 0. The van der Waals surface area contributed by atoms with Crippen molar-refractivity contribution in [3.05, 3.63) is 34.9 Å². The van der Waals surface area contributed by atoms with Crippen LogP contribution in [0.25, 0.3) is 0 Å². The summed E-state index contributed by atoms with van der Waals surface area (Å²) in [6.45, 7) is 7.98. The molecule has 0 aliphatic heterocycles. The second-order valence-corrected chi connectivity index (χ2v) is 4.98. The van der Waals surface area contributed by atoms with Crippen LogP contribution >= 0.6 is 0 Å². The molecule has 0 aliphatic rings. The maximum Gasteiger partial charge on any atom is 0.311 e. The van der Waals surface area contributed by atoms with Gasteiger partial charge in [0.05, 0.1) is 12.5 Å². The summed E-state index contributed by atoms with van der Waals surface area (Å²) < 4.78 is 4.81. The van der Waals surface area contributed by atoms with E-state index in [1.54, 1.807) is 0 Å². The number of benzene rings is 1. The molecule has 2 heteroatoms. The van der Waals surface area contributed by atoms with Crippen molar-refractivity contribution in [2.75, 3.05) is 7.11 Å². The third-order valence-corrected chi connectivity index (χ3v) is 2.87. The van der Waals surface area contributed by atoms with E-state index in [9.17, 15) is 4.79 Å². The number of methoxy groups -OCH3 is 1. The Balaban J connectivity index is 2.92. The summed E-state index contributed by atoms with van der Waals surface area (Å²) in [5.74, 6) is -0.160. The van der Waals surface area contributed by atoms with Crippen molar-refractivity contribution in [2.24, 2.45) is 5.41 Å². The molecule has 0 unspecified atom stereocenters. The number of carbonyl (C=O) groups is 1. The number of rotatable bonds is 3. The third-order valence-electron chi connectivity index (χ3n) is 2.87. The molecule has 0 amide bonds. The molecule has 0 saturated carbocycles. The molecule has 0 spiro atoms. The smallest absolute Gasteiger partial charge is 0.311 e. The number of hydrogen-bond donors (Lipinski definition) is 0. The molecule has 1 aromatic rings. The Morgan fingerprint density at radius 2 is 1.94 bits per heavy atom. The normalized spacial score (nSPS) is 11.3. The molecule has 0 atom stereocenters. The first kappa shape index (κ1) is 12.8. The van der Waals surface area contributed by atoms with Crippen LogP contribution < -0.4 is 0 Å². The van der Waals surface area contributed by atoms with Gasteiger partial charge < -0.3 is 4.74 Å². The number of carbonyl (C=O) groups excluding carboxylic acids is 1. The lowest BCUT2D eigenvalue weighted by atomic mass is 9.84. The van der Waals surface area contributed by atoms with E-state index in [1.165, 1.54) is 23.8 Å². The van der Waals surface area contributed by atoms with Crippen LogP contribution in [0.1, 0.15) is 30.5 Å². The first-order valence-corrected chi connectivity index (χ1v) is 5.51. The third kappa shape index (κ3) is 2.84. The van der Waals surface area contributed by atoms with Crippen molar-refractivity contribution in [3.63, 3.8) is 0 Å². The lowest BCUT2D eigenvalue weighted by Crippen LogP contribution is -2.28. The zero-order valence-corrected chi connectivity index (χ0v) is 10.8. The minimum atomic E-state index is -0.464. The Morgan fingerprint density at radius 1 is 1.31 bits per heavy atom. The Kier molecular flexibility index (Phi) is 3.74. The predicted molar refractivity (Wildman–Crippen MR) is 65.4 cm³/mol. The van der Waals surface area contributed by atoms with E-state index in [0.717, 1.165) is 0 Å². The van der Waals surface area contributed by atoms with Crippen molar-refractivity contribution in [3.8, 4) is 0 Å². The Bertz CT molecular complexity index is 392. The van der Waals surface area contributed by atoms with E-state index < -0.39 is 5.41 Å². The lowest BCUT2D eigenvalue weighted by molar-refractivity contribution is -0.150. The maximum atomic E-state index is 11.6. The summed E-state index contributed by atoms with van der Waals surface area (Å²) in [4.78, 5) is 11.6. The molecule has 16 heavy (non-hydrogen) atoms. The average molecular weight is 220 g/mol. The van der Waals surface area contributed by atoms with E-state index in [1.807, 2.05) is 13.8 Å². The maximum absolute atomic E-state index is 11.6. The standard InChI is InChI=1S/C14H20O2/c1-10-6-7-12(11(2)8-10)9-14(3,4)13(15)16-5/h6-8H,9H2,1-5H3. The van der Waals surface area contributed by atoms with Gasteiger partial charge in [0.15, 0.2) is 0 Å². The van der Waals surface area contributed by atoms with Crippen molar-refractivity contribution in [2.45, 2.75) is 34.1 Å². The lowest BCUT2D eigenvalue weighted by Gasteiger charge is -2.22. The fourth-order valence-electron chi connectivity index (χ4n) is 1.87. The molecule has 0 heterocycles. The fraction of sp³-hybridized carbons (Fsp3) is 0.500. The molecule has 0 saturated heterocycles. The molecule has 0 radical (unpaired) electrons.